The SMILES string of the molecule is CCCN(C)[C@@H]1c2ccccc2C2(CCN(Cc3cccc(O)c3)CC2)[C@H]1O. The molecule has 4 heteroatoms. The topological polar surface area (TPSA) is 46.9 Å². The van der Waals surface area contributed by atoms with Crippen LogP contribution in [0.15, 0.2) is 48.5 Å². The van der Waals surface area contributed by atoms with Crippen LogP contribution in [0.1, 0.15) is 48.9 Å². The monoisotopic (exact) mass is 380 g/mol. The molecule has 0 bridgehead atoms. The van der Waals surface area contributed by atoms with Gasteiger partial charge >= 0.3 is 0 Å². The summed E-state index contributed by atoms with van der Waals surface area (Å²) in [5, 5.41) is 21.2. The second kappa shape index (κ2) is 7.86. The minimum absolute atomic E-state index is 0.0915. The van der Waals surface area contributed by atoms with Gasteiger partial charge in [0.15, 0.2) is 0 Å². The smallest absolute Gasteiger partial charge is 0.115 e. The third kappa shape index (κ3) is 3.34. The number of piperidine rings is 1. The molecule has 1 aliphatic carbocycles. The van der Waals surface area contributed by atoms with Crippen molar-refractivity contribution in [2.24, 2.45) is 0 Å². The Labute approximate surface area is 168 Å². The number of phenols is 1. The molecule has 0 unspecified atom stereocenters. The van der Waals surface area contributed by atoms with Crippen LogP contribution in [0.3, 0.4) is 0 Å². The van der Waals surface area contributed by atoms with E-state index in [1.807, 2.05) is 12.1 Å². The number of hydrogen-bond acceptors (Lipinski definition) is 4. The van der Waals surface area contributed by atoms with Crippen molar-refractivity contribution in [3.63, 3.8) is 0 Å². The molecule has 4 nitrogen and oxygen atoms in total. The first kappa shape index (κ1) is 19.4. The highest BCUT2D eigenvalue weighted by Crippen LogP contribution is 2.52. The van der Waals surface area contributed by atoms with E-state index in [0.29, 0.717) is 5.75 Å². The molecule has 4 rings (SSSR count). The number of likely N-dealkylation sites (tertiary alicyclic amines) is 1. The van der Waals surface area contributed by atoms with Crippen LogP contribution in [0.5, 0.6) is 5.75 Å². The molecule has 0 amide bonds. The normalized spacial score (nSPS) is 24.0. The van der Waals surface area contributed by atoms with Gasteiger partial charge in [-0.1, -0.05) is 43.3 Å². The summed E-state index contributed by atoms with van der Waals surface area (Å²) in [6.07, 6.45) is 2.68. The molecular weight excluding hydrogens is 348 g/mol. The molecule has 0 radical (unpaired) electrons. The maximum atomic E-state index is 11.5. The summed E-state index contributed by atoms with van der Waals surface area (Å²) in [5.74, 6) is 0.327. The Morgan fingerprint density at radius 1 is 1.11 bits per heavy atom. The van der Waals surface area contributed by atoms with Crippen molar-refractivity contribution in [1.82, 2.24) is 9.80 Å². The van der Waals surface area contributed by atoms with Crippen LogP contribution in [-0.4, -0.2) is 52.8 Å². The number of likely N-dealkylation sites (N-methyl/N-ethyl adjacent to an activating group) is 1. The van der Waals surface area contributed by atoms with Crippen molar-refractivity contribution in [2.45, 2.75) is 50.3 Å². The van der Waals surface area contributed by atoms with E-state index in [4.69, 9.17) is 0 Å². The van der Waals surface area contributed by atoms with Crippen LogP contribution in [0.2, 0.25) is 0 Å². The van der Waals surface area contributed by atoms with Crippen LogP contribution in [0.4, 0.5) is 0 Å². The van der Waals surface area contributed by atoms with Crippen molar-refractivity contribution in [1.29, 1.82) is 0 Å². The highest BCUT2D eigenvalue weighted by molar-refractivity contribution is 5.45. The zero-order chi connectivity index (χ0) is 19.7. The lowest BCUT2D eigenvalue weighted by molar-refractivity contribution is -0.00968. The van der Waals surface area contributed by atoms with E-state index in [1.165, 1.54) is 11.1 Å². The number of phenolic OH excluding ortho intramolecular Hbond substituents is 1. The van der Waals surface area contributed by atoms with Gasteiger partial charge in [0.05, 0.1) is 12.1 Å². The van der Waals surface area contributed by atoms with Crippen LogP contribution in [0, 0.1) is 0 Å². The number of fused-ring (bicyclic) bond motifs is 2. The van der Waals surface area contributed by atoms with E-state index in [9.17, 15) is 10.2 Å². The van der Waals surface area contributed by atoms with Crippen LogP contribution < -0.4 is 0 Å². The molecule has 1 fully saturated rings. The summed E-state index contributed by atoms with van der Waals surface area (Å²) in [7, 11) is 2.14. The van der Waals surface area contributed by atoms with Gasteiger partial charge in [0, 0.05) is 12.0 Å². The second-order valence-corrected chi connectivity index (χ2v) is 8.56. The number of aromatic hydroxyl groups is 1. The molecule has 2 N–H and O–H groups in total. The summed E-state index contributed by atoms with van der Waals surface area (Å²) in [6.45, 7) is 5.97. The Balaban J connectivity index is 1.54. The zero-order valence-corrected chi connectivity index (χ0v) is 17.0. The van der Waals surface area contributed by atoms with Crippen molar-refractivity contribution in [3.05, 3.63) is 65.2 Å². The molecule has 2 atom stereocenters. The summed E-state index contributed by atoms with van der Waals surface area (Å²) in [6, 6.07) is 16.3. The maximum absolute atomic E-state index is 11.5. The first-order chi connectivity index (χ1) is 13.5. The van der Waals surface area contributed by atoms with Gasteiger partial charge in [0.1, 0.15) is 5.75 Å². The fourth-order valence-electron chi connectivity index (χ4n) is 5.40. The number of aliphatic hydroxyl groups is 1. The number of hydrogen-bond donors (Lipinski definition) is 2. The summed E-state index contributed by atoms with van der Waals surface area (Å²) >= 11 is 0. The molecule has 1 saturated heterocycles. The van der Waals surface area contributed by atoms with E-state index in [-0.39, 0.29) is 17.6 Å². The van der Waals surface area contributed by atoms with E-state index in [1.54, 1.807) is 6.07 Å². The Kier molecular flexibility index (Phi) is 5.46. The number of aliphatic hydroxyl groups excluding tert-OH is 1. The number of nitrogens with zero attached hydrogens (tertiary/aromatic N) is 2. The van der Waals surface area contributed by atoms with Crippen LogP contribution in [-0.2, 0) is 12.0 Å². The minimum Gasteiger partial charge on any atom is -0.508 e. The van der Waals surface area contributed by atoms with Gasteiger partial charge in [-0.25, -0.2) is 0 Å². The zero-order valence-electron chi connectivity index (χ0n) is 17.0. The molecular formula is C24H32N2O2. The van der Waals surface area contributed by atoms with Gasteiger partial charge in [0.25, 0.3) is 0 Å². The van der Waals surface area contributed by atoms with E-state index >= 15 is 0 Å². The van der Waals surface area contributed by atoms with Gasteiger partial charge in [-0.05, 0) is 74.8 Å². The average molecular weight is 381 g/mol. The molecule has 0 saturated carbocycles. The summed E-state index contributed by atoms with van der Waals surface area (Å²) in [4.78, 5) is 4.77. The molecule has 2 aromatic carbocycles. The molecule has 28 heavy (non-hydrogen) atoms. The van der Waals surface area contributed by atoms with Crippen LogP contribution >= 0.6 is 0 Å². The molecule has 0 aromatic heterocycles. The molecule has 150 valence electrons. The minimum atomic E-state index is -0.357. The van der Waals surface area contributed by atoms with Crippen molar-refractivity contribution < 1.29 is 10.2 Å². The average Bonchev–Trinajstić information content (AvgIpc) is 2.92. The standard InChI is InChI=1S/C24H32N2O2/c1-3-13-25(2)22-20-9-4-5-10-21(20)24(23(22)28)11-14-26(15-12-24)17-18-7-6-8-19(27)16-18/h4-10,16,22-23,27-28H,3,11-15,17H2,1-2H3/t22-,23+/m1/s1. The fraction of sp³-hybridized carbons (Fsp3) is 0.500. The molecule has 2 aromatic rings. The molecule has 2 aliphatic rings. The van der Waals surface area contributed by atoms with Gasteiger partial charge in [-0.15, -0.1) is 0 Å². The Bertz CT molecular complexity index is 814. The fourth-order valence-corrected chi connectivity index (χ4v) is 5.40. The number of benzene rings is 2. The lowest BCUT2D eigenvalue weighted by Crippen LogP contribution is -2.49. The highest BCUT2D eigenvalue weighted by Gasteiger charge is 2.53. The van der Waals surface area contributed by atoms with Gasteiger partial charge in [-0.3, -0.25) is 9.80 Å². The van der Waals surface area contributed by atoms with Gasteiger partial charge in [0.2, 0.25) is 0 Å². The Hall–Kier alpha value is -1.88. The summed E-state index contributed by atoms with van der Waals surface area (Å²) in [5.41, 5.74) is 3.67. The van der Waals surface area contributed by atoms with Gasteiger partial charge < -0.3 is 10.2 Å². The second-order valence-electron chi connectivity index (χ2n) is 8.56. The maximum Gasteiger partial charge on any atom is 0.115 e. The molecule has 1 spiro atoms. The third-order valence-corrected chi connectivity index (χ3v) is 6.80. The van der Waals surface area contributed by atoms with Gasteiger partial charge in [-0.2, -0.15) is 0 Å². The first-order valence-electron chi connectivity index (χ1n) is 10.5. The quantitative estimate of drug-likeness (QED) is 0.831. The first-order valence-corrected chi connectivity index (χ1v) is 10.5. The highest BCUT2D eigenvalue weighted by atomic mass is 16.3. The predicted molar refractivity (Wildman–Crippen MR) is 112 cm³/mol. The summed E-state index contributed by atoms with van der Waals surface area (Å²) < 4.78 is 0. The Morgan fingerprint density at radius 3 is 2.57 bits per heavy atom. The van der Waals surface area contributed by atoms with E-state index in [0.717, 1.165) is 51.0 Å². The molecule has 1 heterocycles. The van der Waals surface area contributed by atoms with Crippen LogP contribution in [0.25, 0.3) is 0 Å². The Morgan fingerprint density at radius 2 is 1.86 bits per heavy atom. The van der Waals surface area contributed by atoms with E-state index in [2.05, 4.69) is 54.1 Å². The third-order valence-electron chi connectivity index (χ3n) is 6.80. The molecule has 1 aliphatic heterocycles. The van der Waals surface area contributed by atoms with Crippen molar-refractivity contribution in [3.8, 4) is 5.75 Å². The number of rotatable bonds is 5. The predicted octanol–water partition coefficient (Wildman–Crippen LogP) is 3.68. The lowest BCUT2D eigenvalue weighted by atomic mass is 9.72. The van der Waals surface area contributed by atoms with Crippen molar-refractivity contribution in [2.75, 3.05) is 26.7 Å². The largest absolute Gasteiger partial charge is 0.508 e. The lowest BCUT2D eigenvalue weighted by Gasteiger charge is -2.43. The van der Waals surface area contributed by atoms with E-state index < -0.39 is 0 Å². The van der Waals surface area contributed by atoms with Crippen molar-refractivity contribution >= 4 is 0 Å².